The Bertz CT molecular complexity index is 1050. The summed E-state index contributed by atoms with van der Waals surface area (Å²) in [6.45, 7) is 6.80. The molecule has 0 saturated carbocycles. The van der Waals surface area contributed by atoms with Crippen molar-refractivity contribution < 1.29 is 13.9 Å². The summed E-state index contributed by atoms with van der Waals surface area (Å²) in [5.74, 6) is -0.353. The normalized spacial score (nSPS) is 14.8. The molecule has 1 amide bonds. The molecule has 0 spiro atoms. The van der Waals surface area contributed by atoms with E-state index in [0.29, 0.717) is 16.7 Å². The van der Waals surface area contributed by atoms with Crippen LogP contribution >= 0.6 is 22.9 Å². The first kappa shape index (κ1) is 22.1. The zero-order valence-corrected chi connectivity index (χ0v) is 19.0. The van der Waals surface area contributed by atoms with Crippen LogP contribution in [0.3, 0.4) is 0 Å². The number of anilines is 1. The zero-order chi connectivity index (χ0) is 21.8. The summed E-state index contributed by atoms with van der Waals surface area (Å²) in [5.41, 5.74) is 2.64. The van der Waals surface area contributed by atoms with Gasteiger partial charge in [-0.2, -0.15) is 0 Å². The Kier molecular flexibility index (Phi) is 7.17. The minimum absolute atomic E-state index is 0.0450. The summed E-state index contributed by atoms with van der Waals surface area (Å²) < 4.78 is 19.6. The highest BCUT2D eigenvalue weighted by atomic mass is 35.5. The van der Waals surface area contributed by atoms with Crippen molar-refractivity contribution in [1.29, 1.82) is 0 Å². The maximum absolute atomic E-state index is 13.3. The Labute approximate surface area is 190 Å². The van der Waals surface area contributed by atoms with E-state index < -0.39 is 0 Å². The van der Waals surface area contributed by atoms with Crippen molar-refractivity contribution in [3.63, 3.8) is 0 Å². The van der Waals surface area contributed by atoms with Crippen LogP contribution in [0.4, 0.5) is 9.52 Å². The lowest BCUT2D eigenvalue weighted by atomic mass is 10.1. The Balaban J connectivity index is 1.54. The van der Waals surface area contributed by atoms with Crippen molar-refractivity contribution >= 4 is 44.2 Å². The van der Waals surface area contributed by atoms with Gasteiger partial charge in [0.2, 0.25) is 5.91 Å². The van der Waals surface area contributed by atoms with E-state index >= 15 is 0 Å². The molecule has 4 rings (SSSR count). The number of rotatable bonds is 7. The number of aryl methyl sites for hydroxylation is 1. The number of hydrogen-bond acceptors (Lipinski definition) is 5. The summed E-state index contributed by atoms with van der Waals surface area (Å²) >= 11 is 7.69. The molecule has 0 aliphatic carbocycles. The van der Waals surface area contributed by atoms with E-state index in [1.54, 1.807) is 17.0 Å². The van der Waals surface area contributed by atoms with Crippen molar-refractivity contribution in [2.24, 2.45) is 0 Å². The molecule has 0 N–H and O–H groups in total. The van der Waals surface area contributed by atoms with Gasteiger partial charge in [-0.3, -0.25) is 14.6 Å². The number of hydrogen-bond donors (Lipinski definition) is 0. The number of amides is 1. The van der Waals surface area contributed by atoms with E-state index in [4.69, 9.17) is 21.3 Å². The summed E-state index contributed by atoms with van der Waals surface area (Å²) in [6.07, 6.45) is 1.04. The average Bonchev–Trinajstić information content (AvgIpc) is 3.17. The number of benzene rings is 2. The number of nitrogens with zero attached hydrogens (tertiary/aromatic N) is 3. The van der Waals surface area contributed by atoms with Crippen LogP contribution in [-0.4, -0.2) is 55.2 Å². The summed E-state index contributed by atoms with van der Waals surface area (Å²) in [5, 5.41) is 1.34. The lowest BCUT2D eigenvalue weighted by molar-refractivity contribution is -0.118. The molecule has 1 aliphatic heterocycles. The van der Waals surface area contributed by atoms with E-state index in [-0.39, 0.29) is 18.1 Å². The first-order valence-electron chi connectivity index (χ1n) is 10.4. The van der Waals surface area contributed by atoms with Crippen LogP contribution in [0, 0.1) is 12.7 Å². The minimum atomic E-state index is -0.308. The second-order valence-corrected chi connectivity index (χ2v) is 9.17. The van der Waals surface area contributed by atoms with Gasteiger partial charge in [-0.05, 0) is 48.7 Å². The molecule has 1 saturated heterocycles. The first-order valence-corrected chi connectivity index (χ1v) is 11.6. The number of carbonyl (C=O) groups excluding carboxylic acids is 1. The third-order valence-corrected chi connectivity index (χ3v) is 6.64. The topological polar surface area (TPSA) is 45.7 Å². The fourth-order valence-corrected chi connectivity index (χ4v) is 5.20. The third-order valence-electron chi connectivity index (χ3n) is 5.40. The molecule has 0 atom stereocenters. The molecular formula is C23H25ClFN3O2S. The van der Waals surface area contributed by atoms with Crippen LogP contribution in [-0.2, 0) is 16.0 Å². The number of halogens is 2. The SMILES string of the molecule is Cc1cc(Cl)cc2sc(N(CCCN3CCOCC3)C(=O)Cc3ccc(F)cc3)nc12. The van der Waals surface area contributed by atoms with Crippen LogP contribution in [0.15, 0.2) is 36.4 Å². The Morgan fingerprint density at radius 3 is 2.74 bits per heavy atom. The number of carbonyl (C=O) groups is 1. The summed E-state index contributed by atoms with van der Waals surface area (Å²) in [6, 6.07) is 9.85. The predicted molar refractivity (Wildman–Crippen MR) is 124 cm³/mol. The van der Waals surface area contributed by atoms with Gasteiger partial charge in [0, 0.05) is 31.2 Å². The number of ether oxygens (including phenoxy) is 1. The van der Waals surface area contributed by atoms with Crippen molar-refractivity contribution in [3.05, 3.63) is 58.4 Å². The van der Waals surface area contributed by atoms with Crippen LogP contribution in [0.1, 0.15) is 17.5 Å². The lowest BCUT2D eigenvalue weighted by Crippen LogP contribution is -2.39. The molecule has 0 bridgehead atoms. The highest BCUT2D eigenvalue weighted by Gasteiger charge is 2.21. The van der Waals surface area contributed by atoms with Gasteiger partial charge in [0.05, 0.1) is 29.9 Å². The molecule has 31 heavy (non-hydrogen) atoms. The van der Waals surface area contributed by atoms with E-state index in [1.165, 1.54) is 23.5 Å². The fraction of sp³-hybridized carbons (Fsp3) is 0.391. The lowest BCUT2D eigenvalue weighted by Gasteiger charge is -2.27. The van der Waals surface area contributed by atoms with Gasteiger partial charge >= 0.3 is 0 Å². The van der Waals surface area contributed by atoms with E-state index in [1.807, 2.05) is 19.1 Å². The Morgan fingerprint density at radius 2 is 2.00 bits per heavy atom. The second kappa shape index (κ2) is 10.0. The summed E-state index contributed by atoms with van der Waals surface area (Å²) in [7, 11) is 0. The largest absolute Gasteiger partial charge is 0.379 e. The van der Waals surface area contributed by atoms with Gasteiger partial charge < -0.3 is 4.74 Å². The second-order valence-electron chi connectivity index (χ2n) is 7.72. The van der Waals surface area contributed by atoms with Gasteiger partial charge in [0.1, 0.15) is 5.82 Å². The van der Waals surface area contributed by atoms with Crippen molar-refractivity contribution in [3.8, 4) is 0 Å². The number of morpholine rings is 1. The van der Waals surface area contributed by atoms with Crippen LogP contribution in [0.2, 0.25) is 5.02 Å². The molecule has 5 nitrogen and oxygen atoms in total. The van der Waals surface area contributed by atoms with Gasteiger partial charge in [0.25, 0.3) is 0 Å². The van der Waals surface area contributed by atoms with E-state index in [0.717, 1.165) is 60.6 Å². The molecule has 164 valence electrons. The summed E-state index contributed by atoms with van der Waals surface area (Å²) in [4.78, 5) is 22.1. The molecule has 2 heterocycles. The molecular weight excluding hydrogens is 437 g/mol. The molecule has 1 fully saturated rings. The van der Waals surface area contributed by atoms with Crippen LogP contribution in [0.25, 0.3) is 10.2 Å². The monoisotopic (exact) mass is 461 g/mol. The minimum Gasteiger partial charge on any atom is -0.379 e. The number of fused-ring (bicyclic) bond motifs is 1. The Hall–Kier alpha value is -2.06. The highest BCUT2D eigenvalue weighted by Crippen LogP contribution is 2.33. The van der Waals surface area contributed by atoms with E-state index in [9.17, 15) is 9.18 Å². The number of aromatic nitrogens is 1. The van der Waals surface area contributed by atoms with Gasteiger partial charge in [-0.1, -0.05) is 35.1 Å². The maximum atomic E-state index is 13.3. The van der Waals surface area contributed by atoms with Crippen LogP contribution in [0.5, 0.6) is 0 Å². The molecule has 8 heteroatoms. The zero-order valence-electron chi connectivity index (χ0n) is 17.4. The van der Waals surface area contributed by atoms with Crippen LogP contribution < -0.4 is 4.90 Å². The average molecular weight is 462 g/mol. The van der Waals surface area contributed by atoms with Gasteiger partial charge in [-0.15, -0.1) is 0 Å². The standard InChI is InChI=1S/C23H25ClFN3O2S/c1-16-13-18(24)15-20-22(16)26-23(31-20)28(8-2-7-27-9-11-30-12-10-27)21(29)14-17-3-5-19(25)6-4-17/h3-6,13,15H,2,7-12,14H2,1H3. The number of thiazole rings is 1. The molecule has 3 aromatic rings. The molecule has 1 aliphatic rings. The molecule has 0 radical (unpaired) electrons. The quantitative estimate of drug-likeness (QED) is 0.512. The van der Waals surface area contributed by atoms with Gasteiger partial charge in [-0.25, -0.2) is 9.37 Å². The fourth-order valence-electron chi connectivity index (χ4n) is 3.73. The molecule has 2 aromatic carbocycles. The Morgan fingerprint density at radius 1 is 1.26 bits per heavy atom. The third kappa shape index (κ3) is 5.60. The first-order chi connectivity index (χ1) is 15.0. The predicted octanol–water partition coefficient (Wildman–Crippen LogP) is 4.70. The van der Waals surface area contributed by atoms with Crippen molar-refractivity contribution in [2.75, 3.05) is 44.3 Å². The molecule has 0 unspecified atom stereocenters. The van der Waals surface area contributed by atoms with Crippen molar-refractivity contribution in [1.82, 2.24) is 9.88 Å². The van der Waals surface area contributed by atoms with Gasteiger partial charge in [0.15, 0.2) is 5.13 Å². The highest BCUT2D eigenvalue weighted by molar-refractivity contribution is 7.22. The maximum Gasteiger partial charge on any atom is 0.233 e. The van der Waals surface area contributed by atoms with Crippen molar-refractivity contribution in [2.45, 2.75) is 19.8 Å². The smallest absolute Gasteiger partial charge is 0.233 e. The van der Waals surface area contributed by atoms with E-state index in [2.05, 4.69) is 4.90 Å². The molecule has 1 aromatic heterocycles.